The van der Waals surface area contributed by atoms with Gasteiger partial charge in [-0.05, 0) is 62.2 Å². The molecule has 1 saturated heterocycles. The summed E-state index contributed by atoms with van der Waals surface area (Å²) in [4.78, 5) is 11.4. The van der Waals surface area contributed by atoms with Gasteiger partial charge in [-0.1, -0.05) is 17.7 Å². The van der Waals surface area contributed by atoms with Gasteiger partial charge in [-0.15, -0.1) is 0 Å². The third kappa shape index (κ3) is 4.83. The second-order valence-corrected chi connectivity index (χ2v) is 9.27. The Balaban J connectivity index is 1.48. The first-order valence-corrected chi connectivity index (χ1v) is 11.5. The number of hydrogen-bond donors (Lipinski definition) is 2. The van der Waals surface area contributed by atoms with E-state index >= 15 is 0 Å². The zero-order valence-electron chi connectivity index (χ0n) is 16.5. The number of anilines is 4. The highest BCUT2D eigenvalue weighted by molar-refractivity contribution is 7.92. The zero-order valence-corrected chi connectivity index (χ0v) is 18.0. The number of hydrogen-bond acceptors (Lipinski definition) is 6. The average molecular weight is 444 g/mol. The highest BCUT2D eigenvalue weighted by Gasteiger charge is 2.16. The van der Waals surface area contributed by atoms with Gasteiger partial charge in [0.2, 0.25) is 5.95 Å². The molecule has 0 unspecified atom stereocenters. The van der Waals surface area contributed by atoms with E-state index in [2.05, 4.69) is 24.9 Å². The largest absolute Gasteiger partial charge is 0.356 e. The maximum absolute atomic E-state index is 12.5. The highest BCUT2D eigenvalue weighted by atomic mass is 35.5. The van der Waals surface area contributed by atoms with Crippen molar-refractivity contribution in [3.63, 3.8) is 0 Å². The summed E-state index contributed by atoms with van der Waals surface area (Å²) in [5, 5.41) is 3.56. The van der Waals surface area contributed by atoms with E-state index in [-0.39, 0.29) is 4.90 Å². The topological polar surface area (TPSA) is 87.2 Å². The van der Waals surface area contributed by atoms with Gasteiger partial charge in [0.05, 0.1) is 4.90 Å². The Bertz CT molecular complexity index is 1150. The Hall–Kier alpha value is -2.84. The third-order valence-electron chi connectivity index (χ3n) is 4.77. The van der Waals surface area contributed by atoms with Crippen molar-refractivity contribution >= 4 is 44.8 Å². The number of sulfonamides is 1. The SMILES string of the molecule is Cc1cc(N2CCCC2)nc(Nc2ccc(NS(=O)(=O)c3cccc(Cl)c3)cc2)n1. The van der Waals surface area contributed by atoms with Gasteiger partial charge in [-0.2, -0.15) is 4.98 Å². The lowest BCUT2D eigenvalue weighted by Crippen LogP contribution is -2.19. The summed E-state index contributed by atoms with van der Waals surface area (Å²) in [5.41, 5.74) is 2.10. The van der Waals surface area contributed by atoms with Crippen LogP contribution < -0.4 is 14.9 Å². The molecule has 0 amide bonds. The average Bonchev–Trinajstić information content (AvgIpc) is 3.24. The van der Waals surface area contributed by atoms with Crippen molar-refractivity contribution in [1.82, 2.24) is 9.97 Å². The first kappa shape index (κ1) is 20.4. The van der Waals surface area contributed by atoms with Crippen LogP contribution in [0.1, 0.15) is 18.5 Å². The maximum Gasteiger partial charge on any atom is 0.261 e. The standard InChI is InChI=1S/C21H22ClN5O2S/c1-15-13-20(27-11-2-3-12-27)25-21(23-15)24-17-7-9-18(10-8-17)26-30(28,29)19-6-4-5-16(22)14-19/h4-10,13-14,26H,2-3,11-12H2,1H3,(H,23,24,25). The molecule has 0 saturated carbocycles. The van der Waals surface area contributed by atoms with E-state index in [4.69, 9.17) is 11.6 Å². The van der Waals surface area contributed by atoms with Crippen molar-refractivity contribution in [2.75, 3.05) is 28.0 Å². The van der Waals surface area contributed by atoms with Gasteiger partial charge < -0.3 is 10.2 Å². The van der Waals surface area contributed by atoms with Gasteiger partial charge in [0.15, 0.2) is 0 Å². The van der Waals surface area contributed by atoms with Crippen LogP contribution >= 0.6 is 11.6 Å². The fraction of sp³-hybridized carbons (Fsp3) is 0.238. The molecule has 1 fully saturated rings. The van der Waals surface area contributed by atoms with E-state index in [1.807, 2.05) is 13.0 Å². The monoisotopic (exact) mass is 443 g/mol. The molecule has 1 aliphatic heterocycles. The predicted octanol–water partition coefficient (Wildman–Crippen LogP) is 4.58. The van der Waals surface area contributed by atoms with Crippen LogP contribution in [-0.4, -0.2) is 31.5 Å². The Morgan fingerprint density at radius 2 is 1.67 bits per heavy atom. The number of nitrogens with one attached hydrogen (secondary N) is 2. The lowest BCUT2D eigenvalue weighted by molar-refractivity contribution is 0.601. The number of rotatable bonds is 6. The van der Waals surface area contributed by atoms with Crippen molar-refractivity contribution in [2.24, 2.45) is 0 Å². The second-order valence-electron chi connectivity index (χ2n) is 7.15. The normalized spacial score (nSPS) is 14.0. The van der Waals surface area contributed by atoms with Gasteiger partial charge in [-0.25, -0.2) is 13.4 Å². The lowest BCUT2D eigenvalue weighted by atomic mass is 10.3. The summed E-state index contributed by atoms with van der Waals surface area (Å²) in [5.74, 6) is 1.44. The van der Waals surface area contributed by atoms with Crippen LogP contribution in [0, 0.1) is 6.92 Å². The molecule has 2 heterocycles. The molecule has 4 rings (SSSR count). The maximum atomic E-state index is 12.5. The predicted molar refractivity (Wildman–Crippen MR) is 120 cm³/mol. The van der Waals surface area contributed by atoms with Gasteiger partial charge in [-0.3, -0.25) is 4.72 Å². The first-order chi connectivity index (χ1) is 14.4. The minimum absolute atomic E-state index is 0.111. The fourth-order valence-corrected chi connectivity index (χ4v) is 4.67. The Labute approximate surface area is 181 Å². The van der Waals surface area contributed by atoms with Gasteiger partial charge >= 0.3 is 0 Å². The molecular formula is C21H22ClN5O2S. The molecule has 1 aromatic heterocycles. The zero-order chi connectivity index (χ0) is 21.1. The minimum atomic E-state index is -3.71. The summed E-state index contributed by atoms with van der Waals surface area (Å²) in [6.07, 6.45) is 2.36. The van der Waals surface area contributed by atoms with Gasteiger partial charge in [0.25, 0.3) is 10.0 Å². The number of aromatic nitrogens is 2. The third-order valence-corrected chi connectivity index (χ3v) is 6.38. The van der Waals surface area contributed by atoms with E-state index in [9.17, 15) is 8.42 Å². The quantitative estimate of drug-likeness (QED) is 0.579. The number of aryl methyl sites for hydroxylation is 1. The molecule has 0 bridgehead atoms. The van der Waals surface area contributed by atoms with Crippen LogP contribution in [0.2, 0.25) is 5.02 Å². The fourth-order valence-electron chi connectivity index (χ4n) is 3.31. The van der Waals surface area contributed by atoms with Crippen molar-refractivity contribution in [1.29, 1.82) is 0 Å². The summed E-state index contributed by atoms with van der Waals surface area (Å²) in [6, 6.07) is 15.0. The van der Waals surface area contributed by atoms with Crippen LogP contribution in [0.4, 0.5) is 23.1 Å². The molecule has 9 heteroatoms. The number of nitrogens with zero attached hydrogens (tertiary/aromatic N) is 3. The minimum Gasteiger partial charge on any atom is -0.356 e. The molecule has 7 nitrogen and oxygen atoms in total. The van der Waals surface area contributed by atoms with Crippen molar-refractivity contribution < 1.29 is 8.42 Å². The number of halogens is 1. The van der Waals surface area contributed by atoms with Crippen LogP contribution in [0.25, 0.3) is 0 Å². The highest BCUT2D eigenvalue weighted by Crippen LogP contribution is 2.24. The van der Waals surface area contributed by atoms with E-state index in [0.29, 0.717) is 16.7 Å². The molecule has 0 aliphatic carbocycles. The van der Waals surface area contributed by atoms with Gasteiger partial charge in [0, 0.05) is 41.2 Å². The molecule has 0 atom stereocenters. The van der Waals surface area contributed by atoms with E-state index in [1.54, 1.807) is 36.4 Å². The number of benzene rings is 2. The molecule has 0 spiro atoms. The smallest absolute Gasteiger partial charge is 0.261 e. The van der Waals surface area contributed by atoms with Crippen LogP contribution in [0.3, 0.4) is 0 Å². The van der Waals surface area contributed by atoms with Gasteiger partial charge in [0.1, 0.15) is 5.82 Å². The lowest BCUT2D eigenvalue weighted by Gasteiger charge is -2.17. The van der Waals surface area contributed by atoms with Crippen molar-refractivity contribution in [3.8, 4) is 0 Å². The second kappa shape index (κ2) is 8.49. The molecule has 3 aromatic rings. The van der Waals surface area contributed by atoms with Crippen molar-refractivity contribution in [2.45, 2.75) is 24.7 Å². The molecular weight excluding hydrogens is 422 g/mol. The van der Waals surface area contributed by atoms with Crippen molar-refractivity contribution in [3.05, 3.63) is 65.3 Å². The Morgan fingerprint density at radius 3 is 2.37 bits per heavy atom. The molecule has 2 N–H and O–H groups in total. The Morgan fingerprint density at radius 1 is 0.967 bits per heavy atom. The summed E-state index contributed by atoms with van der Waals surface area (Å²) >= 11 is 5.90. The van der Waals surface area contributed by atoms with E-state index in [1.165, 1.54) is 25.0 Å². The molecule has 1 aliphatic rings. The molecule has 0 radical (unpaired) electrons. The van der Waals surface area contributed by atoms with E-state index < -0.39 is 10.0 Å². The van der Waals surface area contributed by atoms with Crippen LogP contribution in [-0.2, 0) is 10.0 Å². The van der Waals surface area contributed by atoms with Crippen LogP contribution in [0.5, 0.6) is 0 Å². The van der Waals surface area contributed by atoms with E-state index in [0.717, 1.165) is 30.3 Å². The van der Waals surface area contributed by atoms with Crippen LogP contribution in [0.15, 0.2) is 59.5 Å². The Kier molecular flexibility index (Phi) is 5.78. The summed E-state index contributed by atoms with van der Waals surface area (Å²) < 4.78 is 27.6. The summed E-state index contributed by atoms with van der Waals surface area (Å²) in [6.45, 7) is 3.97. The first-order valence-electron chi connectivity index (χ1n) is 9.65. The molecule has 156 valence electrons. The molecule has 2 aromatic carbocycles. The molecule has 30 heavy (non-hydrogen) atoms. The summed E-state index contributed by atoms with van der Waals surface area (Å²) in [7, 11) is -3.71.